The van der Waals surface area contributed by atoms with Crippen molar-refractivity contribution in [3.8, 4) is 0 Å². The number of rotatable bonds is 2. The van der Waals surface area contributed by atoms with Crippen molar-refractivity contribution in [2.45, 2.75) is 13.1 Å². The molecule has 0 aliphatic rings. The van der Waals surface area contributed by atoms with Crippen molar-refractivity contribution in [2.24, 2.45) is 10.7 Å². The van der Waals surface area contributed by atoms with Crippen LogP contribution < -0.4 is 5.73 Å². The van der Waals surface area contributed by atoms with Gasteiger partial charge in [-0.25, -0.2) is 9.98 Å². The first kappa shape index (κ1) is 13.5. The largest absolute Gasteiger partial charge is 0.430 e. The summed E-state index contributed by atoms with van der Waals surface area (Å²) in [6.07, 6.45) is -2.40. The summed E-state index contributed by atoms with van der Waals surface area (Å²) in [4.78, 5) is 7.65. The second-order valence-electron chi connectivity index (χ2n) is 3.16. The molecule has 0 amide bonds. The van der Waals surface area contributed by atoms with Crippen molar-refractivity contribution in [1.82, 2.24) is 4.98 Å². The maximum absolute atomic E-state index is 12.1. The number of alkyl halides is 3. The van der Waals surface area contributed by atoms with E-state index in [2.05, 4.69) is 9.98 Å². The van der Waals surface area contributed by atoms with Crippen LogP contribution in [0.5, 0.6) is 0 Å². The minimum atomic E-state index is -4.56. The van der Waals surface area contributed by atoms with E-state index in [-0.39, 0.29) is 16.6 Å². The minimum Gasteiger partial charge on any atom is -0.395 e. The van der Waals surface area contributed by atoms with E-state index < -0.39 is 11.9 Å². The van der Waals surface area contributed by atoms with Crippen LogP contribution in [0.2, 0.25) is 5.02 Å². The van der Waals surface area contributed by atoms with Gasteiger partial charge in [-0.3, -0.25) is 0 Å². The smallest absolute Gasteiger partial charge is 0.395 e. The van der Waals surface area contributed by atoms with Crippen molar-refractivity contribution in [3.63, 3.8) is 0 Å². The van der Waals surface area contributed by atoms with Crippen LogP contribution in [0.1, 0.15) is 6.92 Å². The van der Waals surface area contributed by atoms with Gasteiger partial charge in [-0.15, -0.1) is 0 Å². The van der Waals surface area contributed by atoms with Crippen molar-refractivity contribution in [2.75, 3.05) is 0 Å². The first-order valence-corrected chi connectivity index (χ1v) is 4.88. The van der Waals surface area contributed by atoms with E-state index in [1.165, 1.54) is 19.2 Å². The molecule has 0 saturated heterocycles. The molecule has 0 bridgehead atoms. The van der Waals surface area contributed by atoms with E-state index in [4.69, 9.17) is 17.3 Å². The number of allylic oxidation sites excluding steroid dienone is 2. The van der Waals surface area contributed by atoms with Crippen LogP contribution in [0.4, 0.5) is 19.0 Å². The monoisotopic (exact) mass is 263 g/mol. The Bertz CT molecular complexity index is 466. The van der Waals surface area contributed by atoms with Crippen LogP contribution in [0.25, 0.3) is 0 Å². The fourth-order valence-corrected chi connectivity index (χ4v) is 1.13. The topological polar surface area (TPSA) is 51.3 Å². The van der Waals surface area contributed by atoms with Crippen LogP contribution in [0.15, 0.2) is 35.1 Å². The molecule has 0 fully saturated rings. The highest BCUT2D eigenvalue weighted by Crippen LogP contribution is 2.23. The summed E-state index contributed by atoms with van der Waals surface area (Å²) in [6, 6.07) is 3.13. The summed E-state index contributed by atoms with van der Waals surface area (Å²) in [5.74, 6) is 0.151. The second kappa shape index (κ2) is 5.18. The fraction of sp³-hybridized carbons (Fsp3) is 0.200. The van der Waals surface area contributed by atoms with E-state index in [0.717, 1.165) is 6.08 Å². The van der Waals surface area contributed by atoms with Gasteiger partial charge >= 0.3 is 6.18 Å². The Labute approximate surface area is 101 Å². The SMILES string of the molecule is CC(C=C(N)C(F)(F)F)=Nc1ncccc1Cl. The summed E-state index contributed by atoms with van der Waals surface area (Å²) in [5, 5.41) is 0.255. The predicted molar refractivity (Wildman–Crippen MR) is 60.3 cm³/mol. The first-order chi connectivity index (χ1) is 7.80. The van der Waals surface area contributed by atoms with Gasteiger partial charge in [-0.05, 0) is 25.1 Å². The van der Waals surface area contributed by atoms with E-state index in [0.29, 0.717) is 0 Å². The fourth-order valence-electron chi connectivity index (χ4n) is 0.966. The highest BCUT2D eigenvalue weighted by Gasteiger charge is 2.31. The molecule has 0 atom stereocenters. The molecule has 1 aromatic heterocycles. The van der Waals surface area contributed by atoms with Gasteiger partial charge in [0.05, 0.1) is 5.02 Å². The van der Waals surface area contributed by atoms with Gasteiger partial charge in [0.25, 0.3) is 0 Å². The van der Waals surface area contributed by atoms with Gasteiger partial charge in [0, 0.05) is 11.9 Å². The van der Waals surface area contributed by atoms with Gasteiger partial charge in [0.15, 0.2) is 5.82 Å². The third-order valence-corrected chi connectivity index (χ3v) is 2.01. The predicted octanol–water partition coefficient (Wildman–Crippen LogP) is 3.23. The summed E-state index contributed by atoms with van der Waals surface area (Å²) in [6.45, 7) is 1.38. The highest BCUT2D eigenvalue weighted by atomic mass is 35.5. The normalized spacial score (nSPS) is 13.9. The Hall–Kier alpha value is -1.56. The van der Waals surface area contributed by atoms with Crippen LogP contribution in [-0.4, -0.2) is 16.9 Å². The van der Waals surface area contributed by atoms with Gasteiger partial charge in [-0.2, -0.15) is 13.2 Å². The Kier molecular flexibility index (Phi) is 4.11. The average Bonchev–Trinajstić information content (AvgIpc) is 2.20. The van der Waals surface area contributed by atoms with Crippen molar-refractivity contribution in [3.05, 3.63) is 35.1 Å². The molecule has 92 valence electrons. The number of aromatic nitrogens is 1. The van der Waals surface area contributed by atoms with Gasteiger partial charge in [0.1, 0.15) is 5.70 Å². The number of halogens is 4. The third-order valence-electron chi connectivity index (χ3n) is 1.71. The van der Waals surface area contributed by atoms with Gasteiger partial charge < -0.3 is 5.73 Å². The lowest BCUT2D eigenvalue weighted by Crippen LogP contribution is -2.20. The lowest BCUT2D eigenvalue weighted by molar-refractivity contribution is -0.0925. The van der Waals surface area contributed by atoms with Crippen molar-refractivity contribution in [1.29, 1.82) is 0 Å². The van der Waals surface area contributed by atoms with Crippen LogP contribution in [-0.2, 0) is 0 Å². The molecule has 0 saturated carbocycles. The van der Waals surface area contributed by atoms with Crippen LogP contribution in [0, 0.1) is 0 Å². The van der Waals surface area contributed by atoms with Gasteiger partial charge in [-0.1, -0.05) is 11.6 Å². The zero-order chi connectivity index (χ0) is 13.1. The third kappa shape index (κ3) is 4.07. The summed E-state index contributed by atoms with van der Waals surface area (Å²) < 4.78 is 36.4. The molecule has 0 aliphatic carbocycles. The summed E-state index contributed by atoms with van der Waals surface area (Å²) in [5.41, 5.74) is 3.70. The molecule has 7 heteroatoms. The lowest BCUT2D eigenvalue weighted by Gasteiger charge is -2.05. The molecule has 0 unspecified atom stereocenters. The molecular formula is C10H9ClF3N3. The molecule has 0 spiro atoms. The first-order valence-electron chi connectivity index (χ1n) is 4.51. The van der Waals surface area contributed by atoms with E-state index in [9.17, 15) is 13.2 Å². The Morgan fingerprint density at radius 1 is 1.53 bits per heavy atom. The lowest BCUT2D eigenvalue weighted by atomic mass is 10.3. The Morgan fingerprint density at radius 2 is 2.18 bits per heavy atom. The van der Waals surface area contributed by atoms with Crippen molar-refractivity contribution >= 4 is 23.1 Å². The minimum absolute atomic E-state index is 0.0698. The van der Waals surface area contributed by atoms with E-state index in [1.54, 1.807) is 6.07 Å². The summed E-state index contributed by atoms with van der Waals surface area (Å²) >= 11 is 5.75. The molecule has 1 heterocycles. The molecule has 3 nitrogen and oxygen atoms in total. The maximum Gasteiger partial charge on any atom is 0.430 e. The molecule has 1 rings (SSSR count). The number of nitrogens with zero attached hydrogens (tertiary/aromatic N) is 2. The molecule has 17 heavy (non-hydrogen) atoms. The highest BCUT2D eigenvalue weighted by molar-refractivity contribution is 6.32. The van der Waals surface area contributed by atoms with Crippen LogP contribution >= 0.6 is 11.6 Å². The zero-order valence-corrected chi connectivity index (χ0v) is 9.55. The van der Waals surface area contributed by atoms with E-state index >= 15 is 0 Å². The number of aliphatic imine (C=N–C) groups is 1. The number of nitrogens with two attached hydrogens (primary N) is 1. The van der Waals surface area contributed by atoms with Crippen molar-refractivity contribution < 1.29 is 13.2 Å². The summed E-state index contributed by atoms with van der Waals surface area (Å²) in [7, 11) is 0. The van der Waals surface area contributed by atoms with Gasteiger partial charge in [0.2, 0.25) is 0 Å². The molecule has 0 radical (unpaired) electrons. The zero-order valence-electron chi connectivity index (χ0n) is 8.79. The Balaban J connectivity index is 2.99. The standard InChI is InChI=1S/C10H9ClF3N3/c1-6(5-8(15)10(12,13)14)17-9-7(11)3-2-4-16-9/h2-5H,15H2,1H3. The Morgan fingerprint density at radius 3 is 2.71 bits per heavy atom. The number of pyridine rings is 1. The molecule has 0 aromatic carbocycles. The quantitative estimate of drug-likeness (QED) is 0.833. The maximum atomic E-state index is 12.1. The molecular weight excluding hydrogens is 255 g/mol. The second-order valence-corrected chi connectivity index (χ2v) is 3.57. The van der Waals surface area contributed by atoms with Crippen LogP contribution in [0.3, 0.4) is 0 Å². The average molecular weight is 264 g/mol. The number of hydrogen-bond acceptors (Lipinski definition) is 3. The number of hydrogen-bond donors (Lipinski definition) is 1. The molecule has 2 N–H and O–H groups in total. The molecule has 1 aromatic rings. The molecule has 0 aliphatic heterocycles. The van der Waals surface area contributed by atoms with E-state index in [1.807, 2.05) is 0 Å².